The summed E-state index contributed by atoms with van der Waals surface area (Å²) >= 11 is 6.19. The van der Waals surface area contributed by atoms with Crippen LogP contribution in [-0.4, -0.2) is 41.9 Å². The summed E-state index contributed by atoms with van der Waals surface area (Å²) in [5, 5.41) is -0.0987. The number of rotatable bonds is 9. The van der Waals surface area contributed by atoms with E-state index in [0.717, 1.165) is 11.6 Å². The molecule has 210 valence electrons. The van der Waals surface area contributed by atoms with E-state index in [1.165, 1.54) is 44.7 Å². The molecular formula is C27H32ClFN2O6SSi. The predicted octanol–water partition coefficient (Wildman–Crippen LogP) is 6.66. The smallest absolute Gasteiger partial charge is 0.337 e. The van der Waals surface area contributed by atoms with Gasteiger partial charge in [-0.3, -0.25) is 4.72 Å². The molecule has 0 radical (unpaired) electrons. The molecule has 0 saturated carbocycles. The predicted molar refractivity (Wildman–Crippen MR) is 152 cm³/mol. The average molecular weight is 595 g/mol. The van der Waals surface area contributed by atoms with Gasteiger partial charge in [-0.05, 0) is 71.2 Å². The first-order chi connectivity index (χ1) is 18.1. The van der Waals surface area contributed by atoms with E-state index in [2.05, 4.69) is 43.6 Å². The molecule has 1 aromatic heterocycles. The van der Waals surface area contributed by atoms with Crippen molar-refractivity contribution < 1.29 is 31.5 Å². The van der Waals surface area contributed by atoms with Crippen molar-refractivity contribution in [2.45, 2.75) is 50.4 Å². The van der Waals surface area contributed by atoms with E-state index in [0.29, 0.717) is 11.1 Å². The number of aromatic nitrogens is 1. The molecular weight excluding hydrogens is 563 g/mol. The summed E-state index contributed by atoms with van der Waals surface area (Å²) < 4.78 is 59.7. The van der Waals surface area contributed by atoms with Gasteiger partial charge in [-0.25, -0.2) is 22.6 Å². The van der Waals surface area contributed by atoms with Gasteiger partial charge in [0.2, 0.25) is 0 Å². The van der Waals surface area contributed by atoms with Crippen LogP contribution in [0.4, 0.5) is 10.2 Å². The molecule has 0 unspecified atom stereocenters. The Balaban J connectivity index is 2.00. The number of nitrogens with zero attached hydrogens (tertiary/aromatic N) is 1. The van der Waals surface area contributed by atoms with Crippen LogP contribution in [0, 0.1) is 5.82 Å². The Morgan fingerprint density at radius 2 is 1.79 bits per heavy atom. The minimum absolute atomic E-state index is 0.00949. The highest BCUT2D eigenvalue weighted by molar-refractivity contribution is 7.92. The molecule has 3 rings (SSSR count). The van der Waals surface area contributed by atoms with Gasteiger partial charge in [-0.1, -0.05) is 38.4 Å². The summed E-state index contributed by atoms with van der Waals surface area (Å²) in [6.07, 6.45) is 1.41. The largest absolute Gasteiger partial charge is 0.494 e. The third-order valence-corrected chi connectivity index (χ3v) is 12.8. The third-order valence-electron chi connectivity index (χ3n) is 6.70. The number of hydrogen-bond donors (Lipinski definition) is 1. The highest BCUT2D eigenvalue weighted by Crippen LogP contribution is 2.38. The van der Waals surface area contributed by atoms with E-state index < -0.39 is 30.1 Å². The number of hydrogen-bond acceptors (Lipinski definition) is 7. The number of carbonyl (C=O) groups is 1. The first-order valence-electron chi connectivity index (χ1n) is 12.0. The van der Waals surface area contributed by atoms with Crippen LogP contribution in [0.5, 0.6) is 5.75 Å². The van der Waals surface area contributed by atoms with Crippen LogP contribution in [-0.2, 0) is 25.8 Å². The molecule has 39 heavy (non-hydrogen) atoms. The van der Waals surface area contributed by atoms with Crippen LogP contribution in [0.25, 0.3) is 11.1 Å². The standard InChI is InChI=1S/C27H32ClFN2O6SSi/c1-27(2,3)39(6,7)37-16-18-8-9-20(29)15-21(18)17-10-11-30-24(14-17)31-38(33,34)23-13-19(26(32)36-5)12-22(28)25(23)35-4/h8-15H,16H2,1-7H3,(H,30,31). The SMILES string of the molecule is COC(=O)c1cc(Cl)c(OC)c(S(=O)(=O)Nc2cc(-c3cc(F)ccc3CO[Si](C)(C)C(C)(C)C)ccn2)c1. The number of carbonyl (C=O) groups excluding carboxylic acids is 1. The topological polar surface area (TPSA) is 104 Å². The van der Waals surface area contributed by atoms with Gasteiger partial charge in [0.05, 0.1) is 31.4 Å². The van der Waals surface area contributed by atoms with Gasteiger partial charge in [0.15, 0.2) is 14.1 Å². The number of sulfonamides is 1. The van der Waals surface area contributed by atoms with Crippen molar-refractivity contribution in [2.24, 2.45) is 0 Å². The van der Waals surface area contributed by atoms with Crippen LogP contribution in [0.15, 0.2) is 53.6 Å². The van der Waals surface area contributed by atoms with Crippen LogP contribution < -0.4 is 9.46 Å². The lowest BCUT2D eigenvalue weighted by Gasteiger charge is -2.36. The van der Waals surface area contributed by atoms with Crippen molar-refractivity contribution in [1.82, 2.24) is 4.98 Å². The second kappa shape index (κ2) is 11.6. The van der Waals surface area contributed by atoms with Crippen LogP contribution in [0.1, 0.15) is 36.7 Å². The summed E-state index contributed by atoms with van der Waals surface area (Å²) in [6, 6.07) is 9.89. The molecule has 0 amide bonds. The second-order valence-electron chi connectivity index (χ2n) is 10.4. The first kappa shape index (κ1) is 30.5. The number of halogens is 2. The molecule has 8 nitrogen and oxygen atoms in total. The summed E-state index contributed by atoms with van der Waals surface area (Å²) in [4.78, 5) is 15.8. The zero-order chi connectivity index (χ0) is 29.2. The molecule has 0 aliphatic heterocycles. The zero-order valence-electron chi connectivity index (χ0n) is 22.9. The number of ether oxygens (including phenoxy) is 2. The molecule has 0 aliphatic rings. The molecule has 3 aromatic rings. The first-order valence-corrected chi connectivity index (χ1v) is 16.7. The minimum Gasteiger partial charge on any atom is -0.494 e. The average Bonchev–Trinajstić information content (AvgIpc) is 2.86. The molecule has 0 fully saturated rings. The summed E-state index contributed by atoms with van der Waals surface area (Å²) in [5.41, 5.74) is 1.76. The Morgan fingerprint density at radius 1 is 1.10 bits per heavy atom. The lowest BCUT2D eigenvalue weighted by Crippen LogP contribution is -2.40. The van der Waals surface area contributed by atoms with E-state index in [1.54, 1.807) is 12.1 Å². The third kappa shape index (κ3) is 6.96. The fourth-order valence-electron chi connectivity index (χ4n) is 3.47. The van der Waals surface area contributed by atoms with Crippen molar-refractivity contribution in [1.29, 1.82) is 0 Å². The monoisotopic (exact) mass is 594 g/mol. The maximum absolute atomic E-state index is 14.3. The van der Waals surface area contributed by atoms with Crippen LogP contribution in [0.2, 0.25) is 23.2 Å². The lowest BCUT2D eigenvalue weighted by molar-refractivity contribution is 0.0600. The van der Waals surface area contributed by atoms with Gasteiger partial charge in [0, 0.05) is 6.20 Å². The maximum atomic E-state index is 14.3. The fourth-order valence-corrected chi connectivity index (χ4v) is 5.98. The lowest BCUT2D eigenvalue weighted by atomic mass is 10.0. The molecule has 0 saturated heterocycles. The van der Waals surface area contributed by atoms with Crippen molar-refractivity contribution in [2.75, 3.05) is 18.9 Å². The van der Waals surface area contributed by atoms with Crippen molar-refractivity contribution in [3.8, 4) is 16.9 Å². The van der Waals surface area contributed by atoms with Gasteiger partial charge in [-0.2, -0.15) is 0 Å². The van der Waals surface area contributed by atoms with E-state index in [-0.39, 0.29) is 38.7 Å². The molecule has 0 bridgehead atoms. The zero-order valence-corrected chi connectivity index (χ0v) is 25.5. The van der Waals surface area contributed by atoms with Crippen molar-refractivity contribution >= 4 is 41.7 Å². The van der Waals surface area contributed by atoms with Crippen LogP contribution >= 0.6 is 11.6 Å². The number of anilines is 1. The molecule has 1 heterocycles. The maximum Gasteiger partial charge on any atom is 0.337 e. The Labute approximate surface area is 234 Å². The minimum atomic E-state index is -4.33. The van der Waals surface area contributed by atoms with E-state index in [4.69, 9.17) is 25.5 Å². The normalized spacial score (nSPS) is 12.2. The number of benzene rings is 2. The number of nitrogens with one attached hydrogen (secondary N) is 1. The Hall–Kier alpha value is -2.99. The Morgan fingerprint density at radius 3 is 2.41 bits per heavy atom. The van der Waals surface area contributed by atoms with Crippen molar-refractivity contribution in [3.05, 3.63) is 70.6 Å². The second-order valence-corrected chi connectivity index (χ2v) is 17.2. The molecule has 0 spiro atoms. The van der Waals surface area contributed by atoms with Crippen LogP contribution in [0.3, 0.4) is 0 Å². The van der Waals surface area contributed by atoms with Crippen molar-refractivity contribution in [3.63, 3.8) is 0 Å². The highest BCUT2D eigenvalue weighted by Gasteiger charge is 2.37. The number of esters is 1. The molecule has 2 aromatic carbocycles. The molecule has 0 atom stereocenters. The molecule has 12 heteroatoms. The fraction of sp³-hybridized carbons (Fsp3) is 0.333. The highest BCUT2D eigenvalue weighted by atomic mass is 35.5. The number of methoxy groups -OCH3 is 2. The molecule has 1 N–H and O–H groups in total. The van der Waals surface area contributed by atoms with Gasteiger partial charge in [-0.15, -0.1) is 0 Å². The Bertz CT molecular complexity index is 1490. The van der Waals surface area contributed by atoms with Gasteiger partial charge in [0.25, 0.3) is 10.0 Å². The van der Waals surface area contributed by atoms with E-state index >= 15 is 0 Å². The quantitative estimate of drug-likeness (QED) is 0.218. The summed E-state index contributed by atoms with van der Waals surface area (Å²) in [5.74, 6) is -1.40. The van der Waals surface area contributed by atoms with Gasteiger partial charge in [0.1, 0.15) is 16.5 Å². The van der Waals surface area contributed by atoms with E-state index in [1.807, 2.05) is 0 Å². The molecule has 0 aliphatic carbocycles. The van der Waals surface area contributed by atoms with Gasteiger partial charge >= 0.3 is 5.97 Å². The summed E-state index contributed by atoms with van der Waals surface area (Å²) in [6.45, 7) is 10.9. The van der Waals surface area contributed by atoms with E-state index in [9.17, 15) is 17.6 Å². The van der Waals surface area contributed by atoms with Gasteiger partial charge < -0.3 is 13.9 Å². The Kier molecular flexibility index (Phi) is 9.11. The number of pyridine rings is 1. The summed E-state index contributed by atoms with van der Waals surface area (Å²) in [7, 11) is -3.99.